The van der Waals surface area contributed by atoms with Crippen molar-refractivity contribution in [3.63, 3.8) is 0 Å². The van der Waals surface area contributed by atoms with Gasteiger partial charge in [0.25, 0.3) is 0 Å². The van der Waals surface area contributed by atoms with E-state index in [4.69, 9.17) is 0 Å². The van der Waals surface area contributed by atoms with E-state index < -0.39 is 0 Å². The van der Waals surface area contributed by atoms with Gasteiger partial charge in [-0.05, 0) is 49.1 Å². The van der Waals surface area contributed by atoms with Gasteiger partial charge < -0.3 is 5.32 Å². The average molecular weight is 181 g/mol. The van der Waals surface area contributed by atoms with Crippen LogP contribution < -0.4 is 5.32 Å². The van der Waals surface area contributed by atoms with E-state index in [0.29, 0.717) is 5.41 Å². The lowest BCUT2D eigenvalue weighted by Gasteiger charge is -2.30. The van der Waals surface area contributed by atoms with Crippen LogP contribution in [-0.2, 0) is 0 Å². The second-order valence-corrected chi connectivity index (χ2v) is 5.71. The summed E-state index contributed by atoms with van der Waals surface area (Å²) in [6, 6.07) is 0. The molecule has 1 unspecified atom stereocenters. The fourth-order valence-corrected chi connectivity index (χ4v) is 3.18. The number of nitrogens with one attached hydrogen (secondary N) is 1. The molecule has 0 bridgehead atoms. The molecular formula is C12H23N. The molecule has 1 nitrogen and oxygen atoms in total. The van der Waals surface area contributed by atoms with Gasteiger partial charge in [-0.3, -0.25) is 0 Å². The van der Waals surface area contributed by atoms with Crippen LogP contribution in [-0.4, -0.2) is 13.1 Å². The van der Waals surface area contributed by atoms with Gasteiger partial charge in [0.05, 0.1) is 0 Å². The molecule has 0 aromatic heterocycles. The molecular weight excluding hydrogens is 158 g/mol. The minimum atomic E-state index is 0.595. The third-order valence-electron chi connectivity index (χ3n) is 4.64. The molecule has 1 atom stereocenters. The third kappa shape index (κ3) is 1.52. The van der Waals surface area contributed by atoms with E-state index in [-0.39, 0.29) is 0 Å². The van der Waals surface area contributed by atoms with Crippen molar-refractivity contribution >= 4 is 0 Å². The number of rotatable bonds is 2. The van der Waals surface area contributed by atoms with E-state index in [1.807, 2.05) is 0 Å². The molecule has 1 spiro atoms. The normalized spacial score (nSPS) is 32.1. The highest BCUT2D eigenvalue weighted by molar-refractivity contribution is 5.09. The summed E-state index contributed by atoms with van der Waals surface area (Å²) in [6.07, 6.45) is 5.71. The Balaban J connectivity index is 1.99. The summed E-state index contributed by atoms with van der Waals surface area (Å²) >= 11 is 0. The first kappa shape index (κ1) is 9.51. The molecule has 1 heterocycles. The maximum Gasteiger partial charge on any atom is -0.00435 e. The van der Waals surface area contributed by atoms with Crippen molar-refractivity contribution in [1.29, 1.82) is 0 Å². The molecule has 2 fully saturated rings. The van der Waals surface area contributed by atoms with Gasteiger partial charge in [-0.25, -0.2) is 0 Å². The Bertz CT molecular complexity index is 189. The Labute approximate surface area is 82.3 Å². The topological polar surface area (TPSA) is 12.0 Å². The summed E-state index contributed by atoms with van der Waals surface area (Å²) < 4.78 is 0. The smallest absolute Gasteiger partial charge is 0.00435 e. The predicted molar refractivity (Wildman–Crippen MR) is 56.7 cm³/mol. The van der Waals surface area contributed by atoms with Crippen molar-refractivity contribution in [2.45, 2.75) is 46.5 Å². The van der Waals surface area contributed by atoms with E-state index in [9.17, 15) is 0 Å². The quantitative estimate of drug-likeness (QED) is 0.690. The zero-order valence-corrected chi connectivity index (χ0v) is 9.32. The molecule has 1 saturated carbocycles. The van der Waals surface area contributed by atoms with Crippen molar-refractivity contribution in [3.8, 4) is 0 Å². The van der Waals surface area contributed by atoms with Crippen LogP contribution in [0.5, 0.6) is 0 Å². The van der Waals surface area contributed by atoms with E-state index in [1.165, 1.54) is 38.8 Å². The van der Waals surface area contributed by atoms with Crippen LogP contribution in [0.4, 0.5) is 0 Å². The van der Waals surface area contributed by atoms with Crippen LogP contribution >= 0.6 is 0 Å². The number of hydrogen-bond donors (Lipinski definition) is 1. The molecule has 0 aromatic carbocycles. The van der Waals surface area contributed by atoms with Crippen LogP contribution in [0.1, 0.15) is 46.5 Å². The van der Waals surface area contributed by atoms with Crippen molar-refractivity contribution in [3.05, 3.63) is 0 Å². The van der Waals surface area contributed by atoms with Crippen LogP contribution in [0.3, 0.4) is 0 Å². The first-order valence-corrected chi connectivity index (χ1v) is 5.81. The lowest BCUT2D eigenvalue weighted by Crippen LogP contribution is -2.31. The molecule has 76 valence electrons. The molecule has 0 radical (unpaired) electrons. The fourth-order valence-electron chi connectivity index (χ4n) is 3.18. The summed E-state index contributed by atoms with van der Waals surface area (Å²) in [5.74, 6) is 1.02. The van der Waals surface area contributed by atoms with Gasteiger partial charge in [0.2, 0.25) is 0 Å². The van der Waals surface area contributed by atoms with Gasteiger partial charge >= 0.3 is 0 Å². The Hall–Kier alpha value is -0.0400. The molecule has 0 aromatic rings. The van der Waals surface area contributed by atoms with Crippen molar-refractivity contribution < 1.29 is 0 Å². The van der Waals surface area contributed by atoms with Crippen LogP contribution in [0, 0.1) is 16.7 Å². The predicted octanol–water partition coefficient (Wildman–Crippen LogP) is 2.81. The van der Waals surface area contributed by atoms with Crippen molar-refractivity contribution in [2.75, 3.05) is 13.1 Å². The van der Waals surface area contributed by atoms with Crippen molar-refractivity contribution in [2.24, 2.45) is 16.7 Å². The molecule has 1 heteroatoms. The molecule has 1 aliphatic heterocycles. The molecule has 1 saturated heterocycles. The van der Waals surface area contributed by atoms with Gasteiger partial charge in [-0.1, -0.05) is 27.2 Å². The molecule has 2 aliphatic rings. The third-order valence-corrected chi connectivity index (χ3v) is 4.64. The maximum absolute atomic E-state index is 3.47. The molecule has 2 rings (SSSR count). The maximum atomic E-state index is 3.47. The summed E-state index contributed by atoms with van der Waals surface area (Å²) in [4.78, 5) is 0. The Morgan fingerprint density at radius 1 is 1.31 bits per heavy atom. The van der Waals surface area contributed by atoms with Crippen LogP contribution in [0.25, 0.3) is 0 Å². The minimum absolute atomic E-state index is 0.595. The molecule has 1 N–H and O–H groups in total. The summed E-state index contributed by atoms with van der Waals surface area (Å²) in [6.45, 7) is 9.77. The van der Waals surface area contributed by atoms with E-state index in [0.717, 1.165) is 11.3 Å². The van der Waals surface area contributed by atoms with Gasteiger partial charge in [0, 0.05) is 0 Å². The second kappa shape index (κ2) is 2.98. The highest BCUT2D eigenvalue weighted by Gasteiger charge is 2.58. The van der Waals surface area contributed by atoms with E-state index in [1.54, 1.807) is 0 Å². The number of piperidine rings is 1. The van der Waals surface area contributed by atoms with Gasteiger partial charge in [0.1, 0.15) is 0 Å². The lowest BCUT2D eigenvalue weighted by atomic mass is 9.78. The summed E-state index contributed by atoms with van der Waals surface area (Å²) in [5.41, 5.74) is 1.36. The highest BCUT2D eigenvalue weighted by atomic mass is 14.9. The summed E-state index contributed by atoms with van der Waals surface area (Å²) in [5, 5.41) is 3.47. The van der Waals surface area contributed by atoms with Crippen molar-refractivity contribution in [1.82, 2.24) is 5.32 Å². The van der Waals surface area contributed by atoms with Crippen LogP contribution in [0.15, 0.2) is 0 Å². The Morgan fingerprint density at radius 2 is 1.92 bits per heavy atom. The summed E-state index contributed by atoms with van der Waals surface area (Å²) in [7, 11) is 0. The zero-order valence-electron chi connectivity index (χ0n) is 9.32. The second-order valence-electron chi connectivity index (χ2n) is 5.71. The standard InChI is InChI=1S/C12H23N/c1-4-11(2,3)10-9-12(10)5-7-13-8-6-12/h10,13H,4-9H2,1-3H3. The van der Waals surface area contributed by atoms with Gasteiger partial charge in [-0.2, -0.15) is 0 Å². The molecule has 0 amide bonds. The zero-order chi connectivity index (χ0) is 9.53. The van der Waals surface area contributed by atoms with Crippen LogP contribution in [0.2, 0.25) is 0 Å². The Morgan fingerprint density at radius 3 is 2.46 bits per heavy atom. The number of hydrogen-bond acceptors (Lipinski definition) is 1. The SMILES string of the molecule is CCC(C)(C)C1CC12CCNCC2. The first-order valence-electron chi connectivity index (χ1n) is 5.81. The fraction of sp³-hybridized carbons (Fsp3) is 1.00. The van der Waals surface area contributed by atoms with Gasteiger partial charge in [-0.15, -0.1) is 0 Å². The first-order chi connectivity index (χ1) is 6.11. The molecule has 13 heavy (non-hydrogen) atoms. The monoisotopic (exact) mass is 181 g/mol. The van der Waals surface area contributed by atoms with Gasteiger partial charge in [0.15, 0.2) is 0 Å². The van der Waals surface area contributed by atoms with E-state index >= 15 is 0 Å². The average Bonchev–Trinajstić information content (AvgIpc) is 2.82. The molecule has 1 aliphatic carbocycles. The largest absolute Gasteiger partial charge is 0.317 e. The lowest BCUT2D eigenvalue weighted by molar-refractivity contribution is 0.210. The Kier molecular flexibility index (Phi) is 2.18. The highest BCUT2D eigenvalue weighted by Crippen LogP contribution is 2.66. The van der Waals surface area contributed by atoms with E-state index in [2.05, 4.69) is 26.1 Å². The minimum Gasteiger partial charge on any atom is -0.317 e.